The van der Waals surface area contributed by atoms with Gasteiger partial charge in [0.05, 0.1) is 19.9 Å². The number of hydrazone groups is 1. The molecule has 7 heteroatoms. The van der Waals surface area contributed by atoms with Crippen molar-refractivity contribution in [3.63, 3.8) is 0 Å². The van der Waals surface area contributed by atoms with Crippen molar-refractivity contribution in [3.8, 4) is 11.5 Å². The first-order chi connectivity index (χ1) is 13.1. The van der Waals surface area contributed by atoms with E-state index in [4.69, 9.17) is 9.47 Å². The average Bonchev–Trinajstić information content (AvgIpc) is 2.67. The van der Waals surface area contributed by atoms with Gasteiger partial charge < -0.3 is 14.8 Å². The monoisotopic (exact) mass is 369 g/mol. The summed E-state index contributed by atoms with van der Waals surface area (Å²) in [6, 6.07) is 14.2. The molecule has 0 saturated heterocycles. The Hall–Kier alpha value is -3.35. The number of carbonyl (C=O) groups excluding carboxylic acids is 2. The average molecular weight is 369 g/mol. The van der Waals surface area contributed by atoms with Gasteiger partial charge in [0.25, 0.3) is 0 Å². The smallest absolute Gasteiger partial charge is 0.249 e. The summed E-state index contributed by atoms with van der Waals surface area (Å²) in [5.41, 5.74) is 3.71. The Labute approximate surface area is 158 Å². The van der Waals surface area contributed by atoms with E-state index in [9.17, 15) is 9.59 Å². The zero-order valence-corrected chi connectivity index (χ0v) is 15.4. The van der Waals surface area contributed by atoms with Crippen LogP contribution < -0.4 is 20.2 Å². The number of benzene rings is 2. The number of anilines is 1. The molecule has 0 bridgehead atoms. The zero-order valence-electron chi connectivity index (χ0n) is 15.4. The van der Waals surface area contributed by atoms with E-state index in [2.05, 4.69) is 15.8 Å². The van der Waals surface area contributed by atoms with Gasteiger partial charge in [0.15, 0.2) is 0 Å². The summed E-state index contributed by atoms with van der Waals surface area (Å²) in [4.78, 5) is 23.7. The number of carbonyl (C=O) groups is 2. The number of ether oxygens (including phenoxy) is 2. The van der Waals surface area contributed by atoms with Crippen molar-refractivity contribution in [2.24, 2.45) is 5.10 Å². The summed E-state index contributed by atoms with van der Waals surface area (Å²) in [5, 5.41) is 6.50. The molecule has 0 aliphatic heterocycles. The standard InChI is InChI=1S/C20H23N3O4/c1-3-11-27-18-6-4-5-15(12-18)14-21-23-20(25)13-19(24)22-16-7-9-17(26-2)10-8-16/h4-10,12,14H,3,11,13H2,1-2H3,(H,22,24)(H,23,25). The van der Waals surface area contributed by atoms with Crippen LogP contribution in [0.5, 0.6) is 11.5 Å². The molecule has 2 aromatic rings. The molecule has 2 aromatic carbocycles. The highest BCUT2D eigenvalue weighted by Gasteiger charge is 2.09. The second kappa shape index (κ2) is 10.6. The Morgan fingerprint density at radius 2 is 1.85 bits per heavy atom. The number of nitrogens with zero attached hydrogens (tertiary/aromatic N) is 1. The predicted molar refractivity (Wildman–Crippen MR) is 104 cm³/mol. The fourth-order valence-corrected chi connectivity index (χ4v) is 2.15. The summed E-state index contributed by atoms with van der Waals surface area (Å²) >= 11 is 0. The molecule has 0 heterocycles. The minimum absolute atomic E-state index is 0.330. The van der Waals surface area contributed by atoms with Gasteiger partial charge in [0, 0.05) is 5.69 Å². The predicted octanol–water partition coefficient (Wildman–Crippen LogP) is 2.96. The largest absolute Gasteiger partial charge is 0.497 e. The number of hydrogen-bond donors (Lipinski definition) is 2. The van der Waals surface area contributed by atoms with Crippen molar-refractivity contribution in [2.75, 3.05) is 19.0 Å². The van der Waals surface area contributed by atoms with E-state index in [-0.39, 0.29) is 6.42 Å². The summed E-state index contributed by atoms with van der Waals surface area (Å²) < 4.78 is 10.6. The first-order valence-electron chi connectivity index (χ1n) is 8.59. The maximum atomic E-state index is 11.9. The van der Waals surface area contributed by atoms with Gasteiger partial charge >= 0.3 is 0 Å². The van der Waals surface area contributed by atoms with Gasteiger partial charge in [0.2, 0.25) is 11.8 Å². The Kier molecular flexibility index (Phi) is 7.84. The Morgan fingerprint density at radius 1 is 1.07 bits per heavy atom. The van der Waals surface area contributed by atoms with Crippen molar-refractivity contribution in [1.82, 2.24) is 5.43 Å². The zero-order chi connectivity index (χ0) is 19.5. The lowest BCUT2D eigenvalue weighted by atomic mass is 10.2. The molecule has 0 unspecified atom stereocenters. The number of methoxy groups -OCH3 is 1. The summed E-state index contributed by atoms with van der Waals surface area (Å²) in [6.45, 7) is 2.67. The van der Waals surface area contributed by atoms with Crippen molar-refractivity contribution in [3.05, 3.63) is 54.1 Å². The first kappa shape index (κ1) is 20.0. The molecule has 0 aliphatic rings. The fraction of sp³-hybridized carbons (Fsp3) is 0.250. The molecular formula is C20H23N3O4. The molecule has 2 N–H and O–H groups in total. The molecule has 2 amide bonds. The van der Waals surface area contributed by atoms with E-state index in [1.807, 2.05) is 31.2 Å². The van der Waals surface area contributed by atoms with Crippen LogP contribution in [0.15, 0.2) is 53.6 Å². The Morgan fingerprint density at radius 3 is 2.56 bits per heavy atom. The highest BCUT2D eigenvalue weighted by molar-refractivity contribution is 6.03. The molecular weight excluding hydrogens is 346 g/mol. The second-order valence-corrected chi connectivity index (χ2v) is 5.67. The third kappa shape index (κ3) is 7.19. The van der Waals surface area contributed by atoms with Gasteiger partial charge in [-0.05, 0) is 48.4 Å². The summed E-state index contributed by atoms with van der Waals surface area (Å²) in [7, 11) is 1.56. The topological polar surface area (TPSA) is 89.0 Å². The van der Waals surface area contributed by atoms with E-state index < -0.39 is 11.8 Å². The first-order valence-corrected chi connectivity index (χ1v) is 8.59. The van der Waals surface area contributed by atoms with Crippen molar-refractivity contribution < 1.29 is 19.1 Å². The van der Waals surface area contributed by atoms with E-state index in [1.165, 1.54) is 6.21 Å². The second-order valence-electron chi connectivity index (χ2n) is 5.67. The van der Waals surface area contributed by atoms with Crippen LogP contribution in [0.4, 0.5) is 5.69 Å². The van der Waals surface area contributed by atoms with Gasteiger partial charge in [-0.25, -0.2) is 5.43 Å². The highest BCUT2D eigenvalue weighted by Crippen LogP contribution is 2.15. The van der Waals surface area contributed by atoms with Gasteiger partial charge in [-0.3, -0.25) is 9.59 Å². The lowest BCUT2D eigenvalue weighted by Crippen LogP contribution is -2.24. The summed E-state index contributed by atoms with van der Waals surface area (Å²) in [5.74, 6) is 0.494. The normalized spacial score (nSPS) is 10.4. The molecule has 0 aromatic heterocycles. The van der Waals surface area contributed by atoms with Gasteiger partial charge in [-0.15, -0.1) is 0 Å². The highest BCUT2D eigenvalue weighted by atomic mass is 16.5. The molecule has 0 saturated carbocycles. The number of hydrogen-bond acceptors (Lipinski definition) is 5. The van der Waals surface area contributed by atoms with Crippen molar-refractivity contribution in [1.29, 1.82) is 0 Å². The van der Waals surface area contributed by atoms with Gasteiger partial charge in [-0.1, -0.05) is 19.1 Å². The van der Waals surface area contributed by atoms with Crippen LogP contribution in [-0.2, 0) is 9.59 Å². The molecule has 0 fully saturated rings. The van der Waals surface area contributed by atoms with Gasteiger partial charge in [0.1, 0.15) is 17.9 Å². The van der Waals surface area contributed by atoms with Crippen LogP contribution in [0.2, 0.25) is 0 Å². The molecule has 2 rings (SSSR count). The molecule has 27 heavy (non-hydrogen) atoms. The quantitative estimate of drug-likeness (QED) is 0.404. The number of rotatable bonds is 9. The lowest BCUT2D eigenvalue weighted by molar-refractivity contribution is -0.126. The van der Waals surface area contributed by atoms with Crippen LogP contribution in [-0.4, -0.2) is 31.7 Å². The molecule has 0 radical (unpaired) electrons. The molecule has 7 nitrogen and oxygen atoms in total. The number of nitrogens with one attached hydrogen (secondary N) is 2. The van der Waals surface area contributed by atoms with Crippen molar-refractivity contribution >= 4 is 23.7 Å². The van der Waals surface area contributed by atoms with Gasteiger partial charge in [-0.2, -0.15) is 5.10 Å². The SMILES string of the molecule is CCCOc1cccc(C=NNC(=O)CC(=O)Nc2ccc(OC)cc2)c1. The summed E-state index contributed by atoms with van der Waals surface area (Å²) in [6.07, 6.45) is 2.09. The maximum absolute atomic E-state index is 11.9. The minimum Gasteiger partial charge on any atom is -0.497 e. The van der Waals surface area contributed by atoms with Crippen LogP contribution in [0.1, 0.15) is 25.3 Å². The molecule has 0 spiro atoms. The van der Waals surface area contributed by atoms with E-state index in [0.717, 1.165) is 17.7 Å². The van der Waals surface area contributed by atoms with Crippen LogP contribution in [0.3, 0.4) is 0 Å². The van der Waals surface area contributed by atoms with Crippen LogP contribution in [0, 0.1) is 0 Å². The number of amides is 2. The minimum atomic E-state index is -0.504. The maximum Gasteiger partial charge on any atom is 0.249 e. The Bertz CT molecular complexity index is 788. The van der Waals surface area contributed by atoms with Crippen molar-refractivity contribution in [2.45, 2.75) is 19.8 Å². The van der Waals surface area contributed by atoms with E-state index in [0.29, 0.717) is 18.0 Å². The lowest BCUT2D eigenvalue weighted by Gasteiger charge is -2.06. The fourth-order valence-electron chi connectivity index (χ4n) is 2.15. The third-order valence-corrected chi connectivity index (χ3v) is 3.43. The van der Waals surface area contributed by atoms with E-state index >= 15 is 0 Å². The van der Waals surface area contributed by atoms with E-state index in [1.54, 1.807) is 31.4 Å². The molecule has 0 aliphatic carbocycles. The molecule has 142 valence electrons. The Balaban J connectivity index is 1.79. The van der Waals surface area contributed by atoms with Crippen LogP contribution in [0.25, 0.3) is 0 Å². The van der Waals surface area contributed by atoms with Crippen LogP contribution >= 0.6 is 0 Å². The third-order valence-electron chi connectivity index (χ3n) is 3.43. The molecule has 0 atom stereocenters.